The second-order valence-corrected chi connectivity index (χ2v) is 6.48. The van der Waals surface area contributed by atoms with Gasteiger partial charge >= 0.3 is 0 Å². The highest BCUT2D eigenvalue weighted by molar-refractivity contribution is 5.77. The highest BCUT2D eigenvalue weighted by atomic mass is 19.1. The number of hydrogen-bond donors (Lipinski definition) is 2. The average Bonchev–Trinajstić information content (AvgIpc) is 3.24. The van der Waals surface area contributed by atoms with Gasteiger partial charge in [0.25, 0.3) is 0 Å². The van der Waals surface area contributed by atoms with E-state index in [1.807, 2.05) is 6.92 Å². The number of aliphatic hydroxyl groups is 1. The number of amides is 1. The largest absolute Gasteiger partial charge is 0.388 e. The van der Waals surface area contributed by atoms with E-state index in [0.717, 1.165) is 25.7 Å². The van der Waals surface area contributed by atoms with Crippen LogP contribution in [0.5, 0.6) is 0 Å². The number of halogens is 1. The molecule has 1 aliphatic rings. The maximum atomic E-state index is 13.3. The van der Waals surface area contributed by atoms with E-state index in [2.05, 4.69) is 15.5 Å². The molecule has 1 aliphatic carbocycles. The van der Waals surface area contributed by atoms with Crippen molar-refractivity contribution in [1.82, 2.24) is 15.5 Å². The van der Waals surface area contributed by atoms with Gasteiger partial charge in [0.15, 0.2) is 5.82 Å². The number of rotatable bonds is 6. The van der Waals surface area contributed by atoms with E-state index in [0.29, 0.717) is 23.7 Å². The van der Waals surface area contributed by atoms with E-state index in [9.17, 15) is 14.3 Å². The zero-order valence-electron chi connectivity index (χ0n) is 14.2. The molecule has 0 saturated heterocycles. The van der Waals surface area contributed by atoms with E-state index in [4.69, 9.17) is 4.52 Å². The van der Waals surface area contributed by atoms with Crippen molar-refractivity contribution in [2.75, 3.05) is 0 Å². The Morgan fingerprint density at radius 1 is 1.44 bits per heavy atom. The van der Waals surface area contributed by atoms with Gasteiger partial charge in [-0.15, -0.1) is 0 Å². The van der Waals surface area contributed by atoms with Crippen LogP contribution in [0.1, 0.15) is 62.4 Å². The molecular formula is C18H22FN3O3. The fourth-order valence-electron chi connectivity index (χ4n) is 3.30. The minimum atomic E-state index is -1.06. The van der Waals surface area contributed by atoms with Crippen molar-refractivity contribution in [3.63, 3.8) is 0 Å². The monoisotopic (exact) mass is 347 g/mol. The molecule has 1 saturated carbocycles. The molecule has 2 N–H and O–H groups in total. The van der Waals surface area contributed by atoms with Crippen molar-refractivity contribution in [1.29, 1.82) is 0 Å². The first kappa shape index (κ1) is 17.5. The third-order valence-corrected chi connectivity index (χ3v) is 4.65. The van der Waals surface area contributed by atoms with Gasteiger partial charge in [-0.05, 0) is 30.5 Å². The molecule has 0 spiro atoms. The van der Waals surface area contributed by atoms with Crippen LogP contribution in [0.2, 0.25) is 0 Å². The summed E-state index contributed by atoms with van der Waals surface area (Å²) in [7, 11) is 0. The lowest BCUT2D eigenvalue weighted by atomic mass is 9.95. The van der Waals surface area contributed by atoms with Gasteiger partial charge in [-0.25, -0.2) is 4.39 Å². The van der Waals surface area contributed by atoms with E-state index < -0.39 is 17.5 Å². The van der Waals surface area contributed by atoms with Gasteiger partial charge in [-0.2, -0.15) is 4.98 Å². The molecule has 134 valence electrons. The summed E-state index contributed by atoms with van der Waals surface area (Å²) < 4.78 is 18.5. The maximum Gasteiger partial charge on any atom is 0.226 e. The van der Waals surface area contributed by atoms with Crippen LogP contribution in [-0.2, 0) is 16.8 Å². The number of aromatic nitrogens is 2. The van der Waals surface area contributed by atoms with Crippen molar-refractivity contribution < 1.29 is 18.8 Å². The number of nitrogens with zero attached hydrogens (tertiary/aromatic N) is 2. The Morgan fingerprint density at radius 2 is 2.20 bits per heavy atom. The molecule has 2 aromatic rings. The van der Waals surface area contributed by atoms with E-state index in [-0.39, 0.29) is 12.3 Å². The van der Waals surface area contributed by atoms with Crippen molar-refractivity contribution in [2.24, 2.45) is 0 Å². The van der Waals surface area contributed by atoms with Crippen molar-refractivity contribution in [2.45, 2.75) is 57.1 Å². The van der Waals surface area contributed by atoms with Gasteiger partial charge in [-0.3, -0.25) is 4.79 Å². The van der Waals surface area contributed by atoms with Crippen LogP contribution in [0.25, 0.3) is 0 Å². The van der Waals surface area contributed by atoms with Crippen LogP contribution in [0.3, 0.4) is 0 Å². The molecule has 7 heteroatoms. The number of carbonyl (C=O) groups excluding carboxylic acids is 1. The molecule has 3 rings (SSSR count). The second-order valence-electron chi connectivity index (χ2n) is 6.48. The summed E-state index contributed by atoms with van der Waals surface area (Å²) in [6, 6.07) is 5.64. The Kier molecular flexibility index (Phi) is 5.13. The molecule has 0 radical (unpaired) electrons. The molecule has 1 fully saturated rings. The SMILES string of the molecule is CCc1nc(C2(NC(=O)C[C@@H](O)c3cccc(F)c3)CCCC2)no1. The summed E-state index contributed by atoms with van der Waals surface area (Å²) in [6.07, 6.45) is 2.81. The van der Waals surface area contributed by atoms with Gasteiger partial charge in [0.2, 0.25) is 11.8 Å². The highest BCUT2D eigenvalue weighted by Crippen LogP contribution is 2.37. The minimum absolute atomic E-state index is 0.149. The van der Waals surface area contributed by atoms with E-state index >= 15 is 0 Å². The van der Waals surface area contributed by atoms with E-state index in [1.54, 1.807) is 6.07 Å². The second kappa shape index (κ2) is 7.31. The number of hydrogen-bond acceptors (Lipinski definition) is 5. The Morgan fingerprint density at radius 3 is 2.84 bits per heavy atom. The van der Waals surface area contributed by atoms with Gasteiger partial charge < -0.3 is 14.9 Å². The number of carbonyl (C=O) groups is 1. The predicted molar refractivity (Wildman–Crippen MR) is 87.9 cm³/mol. The summed E-state index contributed by atoms with van der Waals surface area (Å²) in [6.45, 7) is 1.92. The quantitative estimate of drug-likeness (QED) is 0.839. The molecular weight excluding hydrogens is 325 g/mol. The van der Waals surface area contributed by atoms with Crippen molar-refractivity contribution in [3.05, 3.63) is 47.4 Å². The lowest BCUT2D eigenvalue weighted by molar-refractivity contribution is -0.125. The molecule has 0 unspecified atom stereocenters. The van der Waals surface area contributed by atoms with Gasteiger partial charge in [0, 0.05) is 6.42 Å². The molecule has 0 bridgehead atoms. The molecule has 6 nitrogen and oxygen atoms in total. The molecule has 1 atom stereocenters. The first-order valence-electron chi connectivity index (χ1n) is 8.60. The number of aryl methyl sites for hydroxylation is 1. The van der Waals surface area contributed by atoms with Crippen molar-refractivity contribution in [3.8, 4) is 0 Å². The molecule has 0 aliphatic heterocycles. The summed E-state index contributed by atoms with van der Waals surface area (Å²) in [5.41, 5.74) is -0.265. The Labute approximate surface area is 145 Å². The molecule has 1 heterocycles. The van der Waals surface area contributed by atoms with Crippen LogP contribution >= 0.6 is 0 Å². The fraction of sp³-hybridized carbons (Fsp3) is 0.500. The first-order valence-corrected chi connectivity index (χ1v) is 8.60. The van der Waals surface area contributed by atoms with Crippen LogP contribution in [0, 0.1) is 5.82 Å². The predicted octanol–water partition coefficient (Wildman–Crippen LogP) is 2.78. The third kappa shape index (κ3) is 3.87. The van der Waals surface area contributed by atoms with Crippen LogP contribution in [-0.4, -0.2) is 21.2 Å². The van der Waals surface area contributed by atoms with Crippen molar-refractivity contribution >= 4 is 5.91 Å². The zero-order chi connectivity index (χ0) is 17.9. The Balaban J connectivity index is 1.71. The topological polar surface area (TPSA) is 88.2 Å². The maximum absolute atomic E-state index is 13.3. The van der Waals surface area contributed by atoms with Crippen LogP contribution in [0.4, 0.5) is 4.39 Å². The Hall–Kier alpha value is -2.28. The fourth-order valence-corrected chi connectivity index (χ4v) is 3.30. The lowest BCUT2D eigenvalue weighted by Gasteiger charge is -2.27. The van der Waals surface area contributed by atoms with Gasteiger partial charge in [0.05, 0.1) is 12.5 Å². The van der Waals surface area contributed by atoms with Crippen LogP contribution < -0.4 is 5.32 Å². The summed E-state index contributed by atoms with van der Waals surface area (Å²) in [5, 5.41) is 17.2. The third-order valence-electron chi connectivity index (χ3n) is 4.65. The first-order chi connectivity index (χ1) is 12.0. The highest BCUT2D eigenvalue weighted by Gasteiger charge is 2.41. The van der Waals surface area contributed by atoms with Gasteiger partial charge in [0.1, 0.15) is 11.4 Å². The minimum Gasteiger partial charge on any atom is -0.388 e. The van der Waals surface area contributed by atoms with Gasteiger partial charge in [-0.1, -0.05) is 37.1 Å². The zero-order valence-corrected chi connectivity index (χ0v) is 14.2. The number of benzene rings is 1. The summed E-state index contributed by atoms with van der Waals surface area (Å²) in [5.74, 6) is 0.274. The Bertz CT molecular complexity index is 741. The number of nitrogens with one attached hydrogen (secondary N) is 1. The lowest BCUT2D eigenvalue weighted by Crippen LogP contribution is -2.45. The van der Waals surface area contributed by atoms with E-state index in [1.165, 1.54) is 18.2 Å². The summed E-state index contributed by atoms with van der Waals surface area (Å²) >= 11 is 0. The molecule has 1 amide bonds. The number of aliphatic hydroxyl groups excluding tert-OH is 1. The average molecular weight is 347 g/mol. The standard InChI is InChI=1S/C18H22FN3O3/c1-2-16-20-17(22-25-16)18(8-3-4-9-18)21-15(24)11-14(23)12-6-5-7-13(19)10-12/h5-7,10,14,23H,2-4,8-9,11H2,1H3,(H,21,24)/t14-/m1/s1. The smallest absolute Gasteiger partial charge is 0.226 e. The molecule has 1 aromatic heterocycles. The normalized spacial score (nSPS) is 17.4. The van der Waals surface area contributed by atoms with Crippen LogP contribution in [0.15, 0.2) is 28.8 Å². The summed E-state index contributed by atoms with van der Waals surface area (Å²) in [4.78, 5) is 16.9. The molecule has 1 aromatic carbocycles. The molecule has 25 heavy (non-hydrogen) atoms.